The van der Waals surface area contributed by atoms with Crippen LogP contribution in [-0.4, -0.2) is 57.5 Å². The van der Waals surface area contributed by atoms with Gasteiger partial charge in [0.1, 0.15) is 0 Å². The van der Waals surface area contributed by atoms with Crippen LogP contribution in [-0.2, 0) is 16.0 Å². The molecule has 1 aromatic carbocycles. The summed E-state index contributed by atoms with van der Waals surface area (Å²) in [6.07, 6.45) is 2.24. The van der Waals surface area contributed by atoms with Gasteiger partial charge in [-0.15, -0.1) is 0 Å². The van der Waals surface area contributed by atoms with E-state index < -0.39 is 11.8 Å². The number of likely N-dealkylation sites (N-methyl/N-ethyl adjacent to an activating group) is 2. The van der Waals surface area contributed by atoms with Crippen molar-refractivity contribution in [1.29, 1.82) is 0 Å². The van der Waals surface area contributed by atoms with Crippen LogP contribution in [0.2, 0.25) is 0 Å². The van der Waals surface area contributed by atoms with E-state index in [0.29, 0.717) is 13.1 Å². The Labute approximate surface area is 144 Å². The van der Waals surface area contributed by atoms with E-state index >= 15 is 0 Å². The van der Waals surface area contributed by atoms with E-state index in [4.69, 9.17) is 0 Å². The first-order valence-corrected chi connectivity index (χ1v) is 8.50. The summed E-state index contributed by atoms with van der Waals surface area (Å²) in [6.45, 7) is 3.73. The van der Waals surface area contributed by atoms with Crippen LogP contribution in [0.4, 0.5) is 5.69 Å². The van der Waals surface area contributed by atoms with Gasteiger partial charge < -0.3 is 20.4 Å². The van der Waals surface area contributed by atoms with Crippen molar-refractivity contribution in [3.63, 3.8) is 0 Å². The zero-order valence-corrected chi connectivity index (χ0v) is 15.1. The van der Waals surface area contributed by atoms with E-state index in [1.165, 1.54) is 11.3 Å². The minimum atomic E-state index is -0.582. The first-order valence-electron chi connectivity index (χ1n) is 8.50. The van der Waals surface area contributed by atoms with Gasteiger partial charge in [-0.3, -0.25) is 9.59 Å². The number of hydrogen-bond acceptors (Lipinski definition) is 4. The third-order valence-corrected chi connectivity index (χ3v) is 4.46. The minimum Gasteiger partial charge on any atom is -0.374 e. The quantitative estimate of drug-likeness (QED) is 0.787. The molecule has 0 aromatic heterocycles. The fourth-order valence-electron chi connectivity index (χ4n) is 3.12. The molecule has 2 amide bonds. The van der Waals surface area contributed by atoms with Crippen LogP contribution in [0.3, 0.4) is 0 Å². The lowest BCUT2D eigenvalue weighted by atomic mass is 9.96. The molecule has 0 aliphatic carbocycles. The number of anilines is 1. The molecule has 1 aliphatic rings. The van der Waals surface area contributed by atoms with Gasteiger partial charge in [-0.2, -0.15) is 0 Å². The highest BCUT2D eigenvalue weighted by atomic mass is 16.2. The number of aryl methyl sites for hydroxylation is 1. The van der Waals surface area contributed by atoms with Crippen molar-refractivity contribution in [2.45, 2.75) is 25.8 Å². The maximum Gasteiger partial charge on any atom is 0.309 e. The van der Waals surface area contributed by atoms with Crippen LogP contribution >= 0.6 is 0 Å². The zero-order valence-electron chi connectivity index (χ0n) is 15.1. The Morgan fingerprint density at radius 2 is 1.96 bits per heavy atom. The molecular weight excluding hydrogens is 304 g/mol. The van der Waals surface area contributed by atoms with Gasteiger partial charge in [0.15, 0.2) is 0 Å². The third-order valence-electron chi connectivity index (χ3n) is 4.46. The molecule has 0 fully saturated rings. The van der Waals surface area contributed by atoms with Crippen molar-refractivity contribution in [3.8, 4) is 0 Å². The fourth-order valence-corrected chi connectivity index (χ4v) is 3.12. The van der Waals surface area contributed by atoms with Crippen molar-refractivity contribution in [2.75, 3.05) is 45.7 Å². The van der Waals surface area contributed by atoms with Crippen LogP contribution < -0.4 is 15.5 Å². The Balaban J connectivity index is 2.10. The molecule has 2 N–H and O–H groups in total. The highest BCUT2D eigenvalue weighted by Gasteiger charge is 2.21. The number of benzene rings is 1. The average Bonchev–Trinajstić information content (AvgIpc) is 2.55. The molecule has 1 heterocycles. The molecule has 24 heavy (non-hydrogen) atoms. The van der Waals surface area contributed by atoms with Gasteiger partial charge in [0, 0.05) is 32.4 Å². The second-order valence-corrected chi connectivity index (χ2v) is 6.46. The predicted octanol–water partition coefficient (Wildman–Crippen LogP) is 0.924. The van der Waals surface area contributed by atoms with E-state index in [9.17, 15) is 9.59 Å². The molecule has 1 aliphatic heterocycles. The molecule has 0 saturated carbocycles. The molecule has 6 nitrogen and oxygen atoms in total. The van der Waals surface area contributed by atoms with E-state index in [-0.39, 0.29) is 6.04 Å². The number of nitrogens with one attached hydrogen (secondary N) is 2. The number of hydrogen-bond donors (Lipinski definition) is 2. The molecule has 1 atom stereocenters. The summed E-state index contributed by atoms with van der Waals surface area (Å²) >= 11 is 0. The Kier molecular flexibility index (Phi) is 6.20. The van der Waals surface area contributed by atoms with Crippen LogP contribution in [0.5, 0.6) is 0 Å². The summed E-state index contributed by atoms with van der Waals surface area (Å²) in [6, 6.07) is 6.53. The summed E-state index contributed by atoms with van der Waals surface area (Å²) in [5, 5.41) is 5.25. The first-order chi connectivity index (χ1) is 11.4. The van der Waals surface area contributed by atoms with E-state index in [1.807, 2.05) is 14.1 Å². The van der Waals surface area contributed by atoms with Crippen LogP contribution in [0.25, 0.3) is 0 Å². The first kappa shape index (κ1) is 18.3. The summed E-state index contributed by atoms with van der Waals surface area (Å²) in [5.74, 6) is -1.16. The maximum atomic E-state index is 11.8. The number of rotatable bonds is 5. The summed E-state index contributed by atoms with van der Waals surface area (Å²) < 4.78 is 0. The maximum absolute atomic E-state index is 11.8. The van der Waals surface area contributed by atoms with Crippen molar-refractivity contribution >= 4 is 17.5 Å². The molecule has 0 bridgehead atoms. The number of nitrogens with zero attached hydrogens (tertiary/aromatic N) is 2. The number of amides is 2. The summed E-state index contributed by atoms with van der Waals surface area (Å²) in [5.41, 5.74) is 3.79. The number of carbonyl (C=O) groups is 2. The van der Waals surface area contributed by atoms with Crippen LogP contribution in [0.15, 0.2) is 18.2 Å². The normalized spacial score (nSPS) is 15.0. The predicted molar refractivity (Wildman–Crippen MR) is 96.2 cm³/mol. The average molecular weight is 332 g/mol. The lowest BCUT2D eigenvalue weighted by molar-refractivity contribution is -0.139. The number of carbonyl (C=O) groups excluding carboxylic acids is 2. The molecule has 0 radical (unpaired) electrons. The van der Waals surface area contributed by atoms with Gasteiger partial charge in [-0.1, -0.05) is 12.1 Å². The lowest BCUT2D eigenvalue weighted by Gasteiger charge is -2.30. The third kappa shape index (κ3) is 4.26. The fraction of sp³-hybridized carbons (Fsp3) is 0.556. The van der Waals surface area contributed by atoms with E-state index in [1.54, 1.807) is 6.92 Å². The second kappa shape index (κ2) is 8.15. The van der Waals surface area contributed by atoms with Crippen molar-refractivity contribution in [1.82, 2.24) is 15.5 Å². The van der Waals surface area contributed by atoms with Gasteiger partial charge >= 0.3 is 11.8 Å². The molecular formula is C18H28N4O2. The van der Waals surface area contributed by atoms with Crippen molar-refractivity contribution in [2.24, 2.45) is 0 Å². The van der Waals surface area contributed by atoms with Gasteiger partial charge in [0.2, 0.25) is 0 Å². The smallest absolute Gasteiger partial charge is 0.309 e. The second-order valence-electron chi connectivity index (χ2n) is 6.46. The summed E-state index contributed by atoms with van der Waals surface area (Å²) in [7, 11) is 6.08. The molecule has 2 rings (SSSR count). The van der Waals surface area contributed by atoms with Crippen LogP contribution in [0.1, 0.15) is 30.5 Å². The SMILES string of the molecule is CCNC(=O)C(=O)NC[C@H](c1ccc2c(c1)CCCN2C)N(C)C. The molecule has 0 spiro atoms. The Bertz CT molecular complexity index is 601. The van der Waals surface area contributed by atoms with Gasteiger partial charge in [-0.05, 0) is 51.1 Å². The van der Waals surface area contributed by atoms with E-state index in [2.05, 4.69) is 45.7 Å². The molecule has 0 unspecified atom stereocenters. The van der Waals surface area contributed by atoms with Crippen molar-refractivity contribution < 1.29 is 9.59 Å². The lowest BCUT2D eigenvalue weighted by Crippen LogP contribution is -2.43. The Morgan fingerprint density at radius 1 is 1.25 bits per heavy atom. The van der Waals surface area contributed by atoms with Gasteiger partial charge in [0.05, 0.1) is 6.04 Å². The van der Waals surface area contributed by atoms with E-state index in [0.717, 1.165) is 24.9 Å². The molecule has 0 saturated heterocycles. The number of fused-ring (bicyclic) bond motifs is 1. The molecule has 1 aromatic rings. The minimum absolute atomic E-state index is 0.0286. The highest BCUT2D eigenvalue weighted by molar-refractivity contribution is 6.35. The van der Waals surface area contributed by atoms with Gasteiger partial charge in [-0.25, -0.2) is 0 Å². The van der Waals surface area contributed by atoms with Gasteiger partial charge in [0.25, 0.3) is 0 Å². The Hall–Kier alpha value is -2.08. The highest BCUT2D eigenvalue weighted by Crippen LogP contribution is 2.29. The summed E-state index contributed by atoms with van der Waals surface area (Å²) in [4.78, 5) is 27.7. The van der Waals surface area contributed by atoms with Crippen molar-refractivity contribution in [3.05, 3.63) is 29.3 Å². The monoisotopic (exact) mass is 332 g/mol. The standard InChI is InChI=1S/C18H28N4O2/c1-5-19-17(23)18(24)20-12-16(21(2)3)14-8-9-15-13(11-14)7-6-10-22(15)4/h8-9,11,16H,5-7,10,12H2,1-4H3,(H,19,23)(H,20,24)/t16-/m1/s1. The molecule has 6 heteroatoms. The topological polar surface area (TPSA) is 64.7 Å². The zero-order chi connectivity index (χ0) is 17.7. The largest absolute Gasteiger partial charge is 0.374 e. The molecule has 132 valence electrons. The van der Waals surface area contributed by atoms with Crippen LogP contribution in [0, 0.1) is 0 Å². The Morgan fingerprint density at radius 3 is 2.62 bits per heavy atom.